The molecule has 1 aromatic carbocycles. The minimum Gasteiger partial charge on any atom is -0.396 e. The summed E-state index contributed by atoms with van der Waals surface area (Å²) in [7, 11) is 0. The largest absolute Gasteiger partial charge is 0.396 e. The van der Waals surface area contributed by atoms with Crippen LogP contribution in [0.5, 0.6) is 0 Å². The van der Waals surface area contributed by atoms with Crippen LogP contribution in [0, 0.1) is 19.8 Å². The average molecular weight is 278 g/mol. The Hall–Kier alpha value is -1.55. The lowest BCUT2D eigenvalue weighted by atomic mass is 10.0. The van der Waals surface area contributed by atoms with Crippen molar-refractivity contribution in [1.82, 2.24) is 5.32 Å². The number of hydrogen-bond donors (Lipinski definition) is 3. The molecule has 1 unspecified atom stereocenters. The third kappa shape index (κ3) is 5.61. The lowest BCUT2D eigenvalue weighted by molar-refractivity contribution is 0.236. The fraction of sp³-hybridized carbons (Fsp3) is 0.562. The highest BCUT2D eigenvalue weighted by molar-refractivity contribution is 5.90. The zero-order valence-electron chi connectivity index (χ0n) is 12.7. The van der Waals surface area contributed by atoms with Crippen LogP contribution in [0.4, 0.5) is 10.5 Å². The van der Waals surface area contributed by atoms with E-state index in [0.717, 1.165) is 36.1 Å². The van der Waals surface area contributed by atoms with E-state index in [9.17, 15) is 4.79 Å². The summed E-state index contributed by atoms with van der Waals surface area (Å²) in [6.45, 7) is 6.86. The van der Waals surface area contributed by atoms with Gasteiger partial charge >= 0.3 is 6.03 Å². The molecular weight excluding hydrogens is 252 g/mol. The van der Waals surface area contributed by atoms with Crippen molar-refractivity contribution in [3.05, 3.63) is 29.3 Å². The van der Waals surface area contributed by atoms with Gasteiger partial charge in [0.05, 0.1) is 0 Å². The Morgan fingerprint density at radius 1 is 1.30 bits per heavy atom. The van der Waals surface area contributed by atoms with Crippen LogP contribution < -0.4 is 10.6 Å². The molecule has 20 heavy (non-hydrogen) atoms. The van der Waals surface area contributed by atoms with Crippen molar-refractivity contribution in [2.45, 2.75) is 40.0 Å². The lowest BCUT2D eigenvalue weighted by Crippen LogP contribution is -2.33. The van der Waals surface area contributed by atoms with E-state index in [1.54, 1.807) is 0 Å². The second-order valence-electron chi connectivity index (χ2n) is 5.32. The minimum absolute atomic E-state index is 0.172. The van der Waals surface area contributed by atoms with E-state index in [-0.39, 0.29) is 12.6 Å². The monoisotopic (exact) mass is 278 g/mol. The number of rotatable bonds is 7. The first-order valence-electron chi connectivity index (χ1n) is 7.29. The molecule has 0 saturated carbocycles. The van der Waals surface area contributed by atoms with Gasteiger partial charge in [0.25, 0.3) is 0 Å². The second kappa shape index (κ2) is 8.59. The Kier molecular flexibility index (Phi) is 7.09. The number of aliphatic hydroxyl groups is 1. The van der Waals surface area contributed by atoms with Crippen molar-refractivity contribution in [1.29, 1.82) is 0 Å². The fourth-order valence-electron chi connectivity index (χ4n) is 2.21. The van der Waals surface area contributed by atoms with Gasteiger partial charge in [0.2, 0.25) is 0 Å². The van der Waals surface area contributed by atoms with E-state index >= 15 is 0 Å². The maximum absolute atomic E-state index is 11.9. The molecule has 0 aliphatic rings. The predicted octanol–water partition coefficient (Wildman–Crippen LogP) is 3.22. The number of amides is 2. The summed E-state index contributed by atoms with van der Waals surface area (Å²) in [5, 5.41) is 14.8. The molecule has 0 bridgehead atoms. The fourth-order valence-corrected chi connectivity index (χ4v) is 2.21. The highest BCUT2D eigenvalue weighted by Crippen LogP contribution is 2.16. The van der Waals surface area contributed by atoms with E-state index in [0.29, 0.717) is 12.5 Å². The van der Waals surface area contributed by atoms with E-state index in [1.807, 2.05) is 32.0 Å². The van der Waals surface area contributed by atoms with Gasteiger partial charge in [0, 0.05) is 18.8 Å². The molecule has 0 aromatic heterocycles. The van der Waals surface area contributed by atoms with Crippen molar-refractivity contribution in [2.75, 3.05) is 18.5 Å². The molecule has 1 atom stereocenters. The third-order valence-electron chi connectivity index (χ3n) is 3.43. The molecule has 1 rings (SSSR count). The van der Waals surface area contributed by atoms with Gasteiger partial charge in [0.15, 0.2) is 0 Å². The first-order chi connectivity index (χ1) is 9.56. The van der Waals surface area contributed by atoms with Crippen molar-refractivity contribution >= 4 is 11.7 Å². The van der Waals surface area contributed by atoms with Gasteiger partial charge in [0.1, 0.15) is 0 Å². The van der Waals surface area contributed by atoms with Crippen LogP contribution in [-0.2, 0) is 0 Å². The molecular formula is C16H26N2O2. The summed E-state index contributed by atoms with van der Waals surface area (Å²) < 4.78 is 0. The van der Waals surface area contributed by atoms with Crippen LogP contribution in [0.1, 0.15) is 37.3 Å². The Labute approximate surface area is 121 Å². The van der Waals surface area contributed by atoms with Gasteiger partial charge in [-0.2, -0.15) is 0 Å². The van der Waals surface area contributed by atoms with E-state index < -0.39 is 0 Å². The topological polar surface area (TPSA) is 61.4 Å². The molecule has 4 heteroatoms. The lowest BCUT2D eigenvalue weighted by Gasteiger charge is -2.16. The molecule has 0 radical (unpaired) electrons. The molecule has 0 aliphatic carbocycles. The molecule has 0 saturated heterocycles. The van der Waals surface area contributed by atoms with Crippen LogP contribution in [0.2, 0.25) is 0 Å². The number of nitrogens with one attached hydrogen (secondary N) is 2. The summed E-state index contributed by atoms with van der Waals surface area (Å²) >= 11 is 0. The molecule has 2 amide bonds. The smallest absolute Gasteiger partial charge is 0.319 e. The normalized spacial score (nSPS) is 12.0. The molecule has 3 N–H and O–H groups in total. The summed E-state index contributed by atoms with van der Waals surface area (Å²) in [6, 6.07) is 5.80. The summed E-state index contributed by atoms with van der Waals surface area (Å²) in [6.07, 6.45) is 2.81. The van der Waals surface area contributed by atoms with E-state index in [2.05, 4.69) is 17.6 Å². The first-order valence-corrected chi connectivity index (χ1v) is 7.29. The van der Waals surface area contributed by atoms with Crippen molar-refractivity contribution in [3.8, 4) is 0 Å². The maximum atomic E-state index is 11.9. The number of anilines is 1. The summed E-state index contributed by atoms with van der Waals surface area (Å²) in [5.41, 5.74) is 3.01. The Balaban J connectivity index is 2.48. The number of aliphatic hydroxyl groups excluding tert-OH is 1. The Morgan fingerprint density at radius 2 is 2.05 bits per heavy atom. The van der Waals surface area contributed by atoms with Gasteiger partial charge in [-0.3, -0.25) is 0 Å². The van der Waals surface area contributed by atoms with Crippen molar-refractivity contribution in [2.24, 2.45) is 5.92 Å². The van der Waals surface area contributed by atoms with Crippen LogP contribution >= 0.6 is 0 Å². The van der Waals surface area contributed by atoms with Crippen LogP contribution in [-0.4, -0.2) is 24.3 Å². The zero-order valence-corrected chi connectivity index (χ0v) is 12.7. The van der Waals surface area contributed by atoms with Gasteiger partial charge in [-0.05, 0) is 49.8 Å². The minimum atomic E-state index is -0.183. The van der Waals surface area contributed by atoms with Crippen molar-refractivity contribution < 1.29 is 9.90 Å². The van der Waals surface area contributed by atoms with E-state index in [1.165, 1.54) is 0 Å². The molecule has 0 aliphatic heterocycles. The van der Waals surface area contributed by atoms with Crippen LogP contribution in [0.15, 0.2) is 18.2 Å². The number of hydrogen-bond acceptors (Lipinski definition) is 2. The number of benzene rings is 1. The molecule has 0 spiro atoms. The van der Waals surface area contributed by atoms with Crippen LogP contribution in [0.25, 0.3) is 0 Å². The van der Waals surface area contributed by atoms with Gasteiger partial charge < -0.3 is 15.7 Å². The van der Waals surface area contributed by atoms with Gasteiger partial charge in [-0.25, -0.2) is 4.79 Å². The quantitative estimate of drug-likeness (QED) is 0.717. The number of carbonyl (C=O) groups excluding carboxylic acids is 1. The van der Waals surface area contributed by atoms with Gasteiger partial charge in [-0.15, -0.1) is 0 Å². The SMILES string of the molecule is CCCC(CCO)CNC(=O)Nc1cc(C)ccc1C. The standard InChI is InChI=1S/C16H26N2O2/c1-4-5-14(8-9-19)11-17-16(20)18-15-10-12(2)6-7-13(15)3/h6-7,10,14,19H,4-5,8-9,11H2,1-3H3,(H2,17,18,20). The Bertz CT molecular complexity index is 426. The van der Waals surface area contributed by atoms with Crippen molar-refractivity contribution in [3.63, 3.8) is 0 Å². The maximum Gasteiger partial charge on any atom is 0.319 e. The van der Waals surface area contributed by atoms with Gasteiger partial charge in [-0.1, -0.05) is 25.5 Å². The summed E-state index contributed by atoms with van der Waals surface area (Å²) in [4.78, 5) is 11.9. The molecule has 0 heterocycles. The third-order valence-corrected chi connectivity index (χ3v) is 3.43. The van der Waals surface area contributed by atoms with Crippen LogP contribution in [0.3, 0.4) is 0 Å². The molecule has 0 fully saturated rings. The average Bonchev–Trinajstić information content (AvgIpc) is 2.41. The number of carbonyl (C=O) groups is 1. The number of urea groups is 1. The highest BCUT2D eigenvalue weighted by atomic mass is 16.3. The first kappa shape index (κ1) is 16.5. The van der Waals surface area contributed by atoms with E-state index in [4.69, 9.17) is 5.11 Å². The summed E-state index contributed by atoms with van der Waals surface area (Å²) in [5.74, 6) is 0.342. The zero-order chi connectivity index (χ0) is 15.0. The second-order valence-corrected chi connectivity index (χ2v) is 5.32. The Morgan fingerprint density at radius 3 is 2.70 bits per heavy atom. The molecule has 1 aromatic rings. The molecule has 112 valence electrons. The predicted molar refractivity (Wildman–Crippen MR) is 83.0 cm³/mol. The molecule has 4 nitrogen and oxygen atoms in total. The highest BCUT2D eigenvalue weighted by Gasteiger charge is 2.10. The number of aryl methyl sites for hydroxylation is 2.